The first kappa shape index (κ1) is 17.7. The predicted molar refractivity (Wildman–Crippen MR) is 73.5 cm³/mol. The van der Waals surface area contributed by atoms with E-state index >= 15 is 0 Å². The smallest absolute Gasteiger partial charge is 0.340 e. The number of carbonyl (C=O) groups is 1. The van der Waals surface area contributed by atoms with Gasteiger partial charge in [0.2, 0.25) is 5.91 Å². The summed E-state index contributed by atoms with van der Waals surface area (Å²) in [6.07, 6.45) is -4.18. The molecule has 0 spiro atoms. The number of benzene rings is 1. The number of alkyl halides is 3. The molecule has 2 rings (SSSR count). The minimum absolute atomic E-state index is 0.409. The molecule has 1 aliphatic rings. The average molecular weight is 336 g/mol. The maximum absolute atomic E-state index is 13.7. The first-order valence-electron chi connectivity index (χ1n) is 7.19. The summed E-state index contributed by atoms with van der Waals surface area (Å²) in [5.41, 5.74) is -1.18. The Hall–Kier alpha value is -1.70. The minimum Gasteiger partial charge on any atom is -0.340 e. The van der Waals surface area contributed by atoms with Crippen LogP contribution in [0.25, 0.3) is 0 Å². The Morgan fingerprint density at radius 2 is 1.74 bits per heavy atom. The summed E-state index contributed by atoms with van der Waals surface area (Å²) in [7, 11) is 1.85. The summed E-state index contributed by atoms with van der Waals surface area (Å²) in [5.74, 6) is -4.10. The monoisotopic (exact) mass is 336 g/mol. The second-order valence-corrected chi connectivity index (χ2v) is 5.70. The summed E-state index contributed by atoms with van der Waals surface area (Å²) in [5, 5.41) is 1.78. The van der Waals surface area contributed by atoms with Gasteiger partial charge < -0.3 is 10.2 Å². The molecule has 0 unspecified atom stereocenters. The van der Waals surface area contributed by atoms with Crippen LogP contribution in [-0.4, -0.2) is 37.1 Å². The third-order valence-electron chi connectivity index (χ3n) is 3.99. The highest BCUT2D eigenvalue weighted by Gasteiger charge is 2.45. The highest BCUT2D eigenvalue weighted by molar-refractivity contribution is 5.79. The van der Waals surface area contributed by atoms with Crippen molar-refractivity contribution in [1.82, 2.24) is 10.2 Å². The molecule has 0 aliphatic carbocycles. The predicted octanol–water partition coefficient (Wildman–Crippen LogP) is 3.03. The number of halogens is 5. The van der Waals surface area contributed by atoms with Crippen molar-refractivity contribution in [2.75, 3.05) is 20.1 Å². The van der Waals surface area contributed by atoms with Crippen LogP contribution in [0, 0.1) is 17.6 Å². The van der Waals surface area contributed by atoms with Gasteiger partial charge in [0.15, 0.2) is 6.04 Å². The molecule has 8 heteroatoms. The number of nitrogens with one attached hydrogen (secondary N) is 1. The van der Waals surface area contributed by atoms with Crippen LogP contribution in [0.15, 0.2) is 18.2 Å². The number of likely N-dealkylation sites (tertiary alicyclic amines) is 1. The van der Waals surface area contributed by atoms with Gasteiger partial charge in [0.1, 0.15) is 11.6 Å². The third-order valence-corrected chi connectivity index (χ3v) is 3.99. The van der Waals surface area contributed by atoms with Gasteiger partial charge in [-0.2, -0.15) is 13.2 Å². The van der Waals surface area contributed by atoms with E-state index in [1.807, 2.05) is 11.9 Å². The van der Waals surface area contributed by atoms with Crippen molar-refractivity contribution >= 4 is 5.91 Å². The topological polar surface area (TPSA) is 32.3 Å². The molecular weight excluding hydrogens is 319 g/mol. The maximum Gasteiger partial charge on any atom is 0.413 e. The Bertz CT molecular complexity index is 547. The Kier molecular flexibility index (Phi) is 5.23. The number of hydrogen-bond donors (Lipinski definition) is 1. The molecule has 1 aromatic rings. The molecule has 128 valence electrons. The molecule has 1 aliphatic heterocycles. The molecule has 1 saturated heterocycles. The molecule has 1 N–H and O–H groups in total. The standard InChI is InChI=1S/C15H17F5N2O/c1-22-7-5-9(6-8-22)14(23)21-13(15(18,19)20)12-10(16)3-2-4-11(12)17/h2-4,9,13H,5-8H2,1H3,(H,21,23)/t13-/m0/s1. The zero-order valence-corrected chi connectivity index (χ0v) is 12.5. The van der Waals surface area contributed by atoms with Crippen molar-refractivity contribution in [1.29, 1.82) is 0 Å². The Labute approximate surface area is 130 Å². The summed E-state index contributed by atoms with van der Waals surface area (Å²) >= 11 is 0. The van der Waals surface area contributed by atoms with Crippen molar-refractivity contribution in [3.05, 3.63) is 35.4 Å². The SMILES string of the molecule is CN1CCC(C(=O)N[C@@H](c2c(F)cccc2F)C(F)(F)F)CC1. The summed E-state index contributed by atoms with van der Waals surface area (Å²) in [6.45, 7) is 1.17. The normalized spacial score (nSPS) is 18.7. The van der Waals surface area contributed by atoms with Crippen molar-refractivity contribution < 1.29 is 26.7 Å². The number of piperidine rings is 1. The molecule has 1 aromatic carbocycles. The van der Waals surface area contributed by atoms with Gasteiger partial charge in [-0.15, -0.1) is 0 Å². The number of hydrogen-bond acceptors (Lipinski definition) is 2. The lowest BCUT2D eigenvalue weighted by Crippen LogP contribution is -2.44. The second-order valence-electron chi connectivity index (χ2n) is 5.70. The van der Waals surface area contributed by atoms with Crippen LogP contribution in [0.2, 0.25) is 0 Å². The van der Waals surface area contributed by atoms with Gasteiger partial charge in [0.25, 0.3) is 0 Å². The molecule has 0 aromatic heterocycles. The van der Waals surface area contributed by atoms with E-state index in [2.05, 4.69) is 0 Å². The van der Waals surface area contributed by atoms with Crippen LogP contribution in [0.1, 0.15) is 24.4 Å². The molecular formula is C15H17F5N2O. The van der Waals surface area contributed by atoms with E-state index in [1.165, 1.54) is 0 Å². The average Bonchev–Trinajstić information content (AvgIpc) is 2.45. The number of amides is 1. The van der Waals surface area contributed by atoms with Crippen LogP contribution in [0.4, 0.5) is 22.0 Å². The largest absolute Gasteiger partial charge is 0.413 e. The van der Waals surface area contributed by atoms with Gasteiger partial charge in [-0.25, -0.2) is 8.78 Å². The van der Waals surface area contributed by atoms with Crippen LogP contribution in [0.5, 0.6) is 0 Å². The molecule has 1 heterocycles. The van der Waals surface area contributed by atoms with E-state index in [0.717, 1.165) is 18.2 Å². The number of rotatable bonds is 3. The third kappa shape index (κ3) is 4.19. The van der Waals surface area contributed by atoms with Gasteiger partial charge in [-0.3, -0.25) is 4.79 Å². The number of nitrogens with zero attached hydrogens (tertiary/aromatic N) is 1. The molecule has 1 fully saturated rings. The van der Waals surface area contributed by atoms with Crippen molar-refractivity contribution in [2.24, 2.45) is 5.92 Å². The van der Waals surface area contributed by atoms with Crippen LogP contribution in [0.3, 0.4) is 0 Å². The van der Waals surface area contributed by atoms with E-state index in [4.69, 9.17) is 0 Å². The summed E-state index contributed by atoms with van der Waals surface area (Å²) in [4.78, 5) is 14.0. The van der Waals surface area contributed by atoms with E-state index in [0.29, 0.717) is 25.9 Å². The molecule has 23 heavy (non-hydrogen) atoms. The fraction of sp³-hybridized carbons (Fsp3) is 0.533. The first-order chi connectivity index (χ1) is 10.7. The van der Waals surface area contributed by atoms with Crippen molar-refractivity contribution in [3.63, 3.8) is 0 Å². The molecule has 0 radical (unpaired) electrons. The summed E-state index contributed by atoms with van der Waals surface area (Å²) in [6, 6.07) is -0.256. The fourth-order valence-corrected chi connectivity index (χ4v) is 2.64. The summed E-state index contributed by atoms with van der Waals surface area (Å²) < 4.78 is 67.0. The highest BCUT2D eigenvalue weighted by atomic mass is 19.4. The van der Waals surface area contributed by atoms with Gasteiger partial charge in [-0.05, 0) is 45.1 Å². The molecule has 1 atom stereocenters. The second kappa shape index (κ2) is 6.82. The molecule has 3 nitrogen and oxygen atoms in total. The zero-order valence-electron chi connectivity index (χ0n) is 12.5. The molecule has 0 saturated carbocycles. The van der Waals surface area contributed by atoms with Gasteiger partial charge in [0.05, 0.1) is 5.56 Å². The van der Waals surface area contributed by atoms with Gasteiger partial charge in [-0.1, -0.05) is 6.07 Å². The Balaban J connectivity index is 2.22. The van der Waals surface area contributed by atoms with Crippen LogP contribution < -0.4 is 5.32 Å². The van der Waals surface area contributed by atoms with E-state index in [9.17, 15) is 26.7 Å². The van der Waals surface area contributed by atoms with Gasteiger partial charge in [0, 0.05) is 5.92 Å². The Morgan fingerprint density at radius 3 is 2.22 bits per heavy atom. The lowest BCUT2D eigenvalue weighted by atomic mass is 9.95. The minimum atomic E-state index is -5.00. The van der Waals surface area contributed by atoms with E-state index in [1.54, 1.807) is 5.32 Å². The number of carbonyl (C=O) groups excluding carboxylic acids is 1. The van der Waals surface area contributed by atoms with Gasteiger partial charge >= 0.3 is 6.18 Å². The van der Waals surface area contributed by atoms with E-state index < -0.39 is 41.2 Å². The maximum atomic E-state index is 13.7. The lowest BCUT2D eigenvalue weighted by Gasteiger charge is -2.30. The van der Waals surface area contributed by atoms with E-state index in [-0.39, 0.29) is 0 Å². The Morgan fingerprint density at radius 1 is 1.22 bits per heavy atom. The quantitative estimate of drug-likeness (QED) is 0.861. The highest BCUT2D eigenvalue weighted by Crippen LogP contribution is 2.36. The van der Waals surface area contributed by atoms with Crippen LogP contribution in [-0.2, 0) is 4.79 Å². The van der Waals surface area contributed by atoms with Crippen molar-refractivity contribution in [3.8, 4) is 0 Å². The lowest BCUT2D eigenvalue weighted by molar-refractivity contribution is -0.166. The van der Waals surface area contributed by atoms with Crippen molar-refractivity contribution in [2.45, 2.75) is 25.1 Å². The zero-order chi connectivity index (χ0) is 17.2. The molecule has 1 amide bonds. The first-order valence-corrected chi connectivity index (χ1v) is 7.19. The fourth-order valence-electron chi connectivity index (χ4n) is 2.64. The van der Waals surface area contributed by atoms with Crippen LogP contribution >= 0.6 is 0 Å². The molecule has 0 bridgehead atoms.